The van der Waals surface area contributed by atoms with Crippen LogP contribution in [0.2, 0.25) is 5.02 Å². The first-order valence-corrected chi connectivity index (χ1v) is 9.38. The minimum atomic E-state index is -0.138. The van der Waals surface area contributed by atoms with E-state index in [0.717, 1.165) is 43.6 Å². The van der Waals surface area contributed by atoms with Gasteiger partial charge in [-0.1, -0.05) is 25.4 Å². The summed E-state index contributed by atoms with van der Waals surface area (Å²) >= 11 is 5.83. The summed E-state index contributed by atoms with van der Waals surface area (Å²) in [6.45, 7) is 5.53. The van der Waals surface area contributed by atoms with Gasteiger partial charge in [-0.3, -0.25) is 4.79 Å². The number of aryl methyl sites for hydroxylation is 2. The molecule has 0 aromatic carbocycles. The molecule has 3 heterocycles. The molecule has 1 saturated heterocycles. The first kappa shape index (κ1) is 18.5. The topological polar surface area (TPSA) is 83.9 Å². The number of amides is 1. The fraction of sp³-hybridized carbons (Fsp3) is 0.500. The van der Waals surface area contributed by atoms with Crippen molar-refractivity contribution in [3.05, 3.63) is 34.7 Å². The van der Waals surface area contributed by atoms with E-state index in [1.54, 1.807) is 12.1 Å². The molecule has 1 amide bonds. The highest BCUT2D eigenvalue weighted by atomic mass is 35.5. The summed E-state index contributed by atoms with van der Waals surface area (Å²) < 4.78 is 0. The van der Waals surface area contributed by atoms with Gasteiger partial charge in [0.2, 0.25) is 11.9 Å². The number of hydrogen-bond acceptors (Lipinski definition) is 6. The van der Waals surface area contributed by atoms with Crippen molar-refractivity contribution in [1.29, 1.82) is 0 Å². The van der Waals surface area contributed by atoms with E-state index in [9.17, 15) is 4.79 Å². The number of nitrogens with one attached hydrogen (secondary N) is 1. The first-order valence-electron chi connectivity index (χ1n) is 9.00. The molecule has 0 saturated carbocycles. The van der Waals surface area contributed by atoms with E-state index < -0.39 is 0 Å². The van der Waals surface area contributed by atoms with Crippen molar-refractivity contribution in [3.8, 4) is 0 Å². The lowest BCUT2D eigenvalue weighted by atomic mass is 9.97. The molecule has 0 aliphatic carbocycles. The van der Waals surface area contributed by atoms with Crippen LogP contribution in [-0.4, -0.2) is 39.2 Å². The highest BCUT2D eigenvalue weighted by molar-refractivity contribution is 6.30. The molecule has 1 aliphatic rings. The number of piperidine rings is 1. The third-order valence-corrected chi connectivity index (χ3v) is 4.78. The van der Waals surface area contributed by atoms with Crippen molar-refractivity contribution in [2.24, 2.45) is 5.92 Å². The fourth-order valence-corrected chi connectivity index (χ4v) is 3.22. The highest BCUT2D eigenvalue weighted by Crippen LogP contribution is 2.22. The van der Waals surface area contributed by atoms with Gasteiger partial charge in [0.1, 0.15) is 5.82 Å². The van der Waals surface area contributed by atoms with Gasteiger partial charge in [0, 0.05) is 19.3 Å². The van der Waals surface area contributed by atoms with Crippen molar-refractivity contribution in [3.63, 3.8) is 0 Å². The van der Waals surface area contributed by atoms with Gasteiger partial charge in [-0.05, 0) is 37.8 Å². The molecule has 8 heteroatoms. The van der Waals surface area contributed by atoms with E-state index in [0.29, 0.717) is 23.3 Å². The molecule has 0 radical (unpaired) electrons. The Morgan fingerprint density at radius 2 is 2.08 bits per heavy atom. The number of hydrogen-bond donors (Lipinski definition) is 1. The summed E-state index contributed by atoms with van der Waals surface area (Å²) in [5.41, 5.74) is 1.92. The Balaban J connectivity index is 1.68. The van der Waals surface area contributed by atoms with E-state index in [1.807, 2.05) is 0 Å². The lowest BCUT2D eigenvalue weighted by Gasteiger charge is -2.31. The summed E-state index contributed by atoms with van der Waals surface area (Å²) in [5.74, 6) is 0.940. The predicted octanol–water partition coefficient (Wildman–Crippen LogP) is 2.90. The van der Waals surface area contributed by atoms with Gasteiger partial charge in [-0.2, -0.15) is 5.10 Å². The molecule has 138 valence electrons. The largest absolute Gasteiger partial charge is 0.339 e. The predicted molar refractivity (Wildman–Crippen MR) is 101 cm³/mol. The second-order valence-corrected chi connectivity index (χ2v) is 6.78. The summed E-state index contributed by atoms with van der Waals surface area (Å²) in [5, 5.41) is 12.0. The van der Waals surface area contributed by atoms with Gasteiger partial charge in [-0.25, -0.2) is 9.97 Å². The van der Waals surface area contributed by atoms with E-state index in [2.05, 4.69) is 44.2 Å². The van der Waals surface area contributed by atoms with Crippen LogP contribution in [0.3, 0.4) is 0 Å². The molecule has 0 spiro atoms. The van der Waals surface area contributed by atoms with Crippen molar-refractivity contribution in [1.82, 2.24) is 20.2 Å². The quantitative estimate of drug-likeness (QED) is 0.866. The Morgan fingerprint density at radius 1 is 1.27 bits per heavy atom. The zero-order valence-corrected chi connectivity index (χ0v) is 15.8. The summed E-state index contributed by atoms with van der Waals surface area (Å²) in [4.78, 5) is 23.4. The third-order valence-electron chi connectivity index (χ3n) is 4.55. The number of carbonyl (C=O) groups excluding carboxylic acids is 1. The second kappa shape index (κ2) is 8.40. The maximum atomic E-state index is 12.6. The van der Waals surface area contributed by atoms with Crippen LogP contribution in [0.4, 0.5) is 11.8 Å². The van der Waals surface area contributed by atoms with Crippen LogP contribution in [-0.2, 0) is 17.6 Å². The van der Waals surface area contributed by atoms with Crippen LogP contribution in [0, 0.1) is 5.92 Å². The van der Waals surface area contributed by atoms with E-state index in [4.69, 9.17) is 11.6 Å². The zero-order valence-electron chi connectivity index (χ0n) is 15.1. The van der Waals surface area contributed by atoms with Crippen LogP contribution >= 0.6 is 11.6 Å². The van der Waals surface area contributed by atoms with Crippen LogP contribution in [0.25, 0.3) is 0 Å². The SMILES string of the molecule is CCc1nnc(N2CCCC(C(=O)Nc3ccc(Cl)cn3)C2)nc1CC. The van der Waals surface area contributed by atoms with Crippen molar-refractivity contribution < 1.29 is 4.79 Å². The van der Waals surface area contributed by atoms with Gasteiger partial charge in [0.15, 0.2) is 0 Å². The molecule has 26 heavy (non-hydrogen) atoms. The van der Waals surface area contributed by atoms with Crippen LogP contribution in [0.15, 0.2) is 18.3 Å². The normalized spacial score (nSPS) is 17.2. The van der Waals surface area contributed by atoms with Crippen molar-refractivity contribution >= 4 is 29.3 Å². The Kier molecular flexibility index (Phi) is 5.98. The molecule has 3 rings (SSSR count). The molecular formula is C18H23ClN6O. The van der Waals surface area contributed by atoms with Crippen LogP contribution < -0.4 is 10.2 Å². The number of halogens is 1. The molecule has 1 N–H and O–H groups in total. The molecule has 7 nitrogen and oxygen atoms in total. The molecular weight excluding hydrogens is 352 g/mol. The first-order chi connectivity index (χ1) is 12.6. The van der Waals surface area contributed by atoms with Crippen molar-refractivity contribution in [2.75, 3.05) is 23.3 Å². The standard InChI is InChI=1S/C18H23ClN6O/c1-3-14-15(4-2)23-24-18(21-14)25-9-5-6-12(11-25)17(26)22-16-8-7-13(19)10-20-16/h7-8,10,12H,3-6,9,11H2,1-2H3,(H,20,22,26). The maximum absolute atomic E-state index is 12.6. The summed E-state index contributed by atoms with van der Waals surface area (Å²) in [6.07, 6.45) is 4.91. The van der Waals surface area contributed by atoms with Gasteiger partial charge in [-0.15, -0.1) is 5.10 Å². The van der Waals surface area contributed by atoms with E-state index in [-0.39, 0.29) is 11.8 Å². The molecule has 1 fully saturated rings. The number of anilines is 2. The number of aromatic nitrogens is 4. The number of rotatable bonds is 5. The second-order valence-electron chi connectivity index (χ2n) is 6.35. The van der Waals surface area contributed by atoms with Crippen molar-refractivity contribution in [2.45, 2.75) is 39.5 Å². The lowest BCUT2D eigenvalue weighted by molar-refractivity contribution is -0.120. The smallest absolute Gasteiger partial charge is 0.245 e. The Morgan fingerprint density at radius 3 is 2.77 bits per heavy atom. The average Bonchev–Trinajstić information content (AvgIpc) is 2.69. The Labute approximate surface area is 158 Å². The number of carbonyl (C=O) groups is 1. The summed E-state index contributed by atoms with van der Waals surface area (Å²) in [6, 6.07) is 3.41. The molecule has 1 atom stereocenters. The third kappa shape index (κ3) is 4.27. The van der Waals surface area contributed by atoms with Gasteiger partial charge in [0.05, 0.1) is 22.3 Å². The van der Waals surface area contributed by atoms with Gasteiger partial charge >= 0.3 is 0 Å². The number of pyridine rings is 1. The Hall–Kier alpha value is -2.28. The van der Waals surface area contributed by atoms with Crippen LogP contribution in [0.5, 0.6) is 0 Å². The fourth-order valence-electron chi connectivity index (χ4n) is 3.11. The Bertz CT molecular complexity index is 767. The maximum Gasteiger partial charge on any atom is 0.245 e. The minimum absolute atomic E-state index is 0.0432. The summed E-state index contributed by atoms with van der Waals surface area (Å²) in [7, 11) is 0. The minimum Gasteiger partial charge on any atom is -0.339 e. The molecule has 1 unspecified atom stereocenters. The monoisotopic (exact) mass is 374 g/mol. The molecule has 0 bridgehead atoms. The highest BCUT2D eigenvalue weighted by Gasteiger charge is 2.28. The average molecular weight is 375 g/mol. The van der Waals surface area contributed by atoms with Gasteiger partial charge < -0.3 is 10.2 Å². The molecule has 2 aromatic heterocycles. The lowest BCUT2D eigenvalue weighted by Crippen LogP contribution is -2.41. The number of nitrogens with zero attached hydrogens (tertiary/aromatic N) is 5. The molecule has 2 aromatic rings. The van der Waals surface area contributed by atoms with Crippen LogP contribution in [0.1, 0.15) is 38.1 Å². The van der Waals surface area contributed by atoms with E-state index in [1.165, 1.54) is 6.20 Å². The molecule has 1 aliphatic heterocycles. The van der Waals surface area contributed by atoms with E-state index >= 15 is 0 Å². The van der Waals surface area contributed by atoms with Gasteiger partial charge in [0.25, 0.3) is 0 Å². The zero-order chi connectivity index (χ0) is 18.5.